The Morgan fingerprint density at radius 2 is 0.955 bits per heavy atom. The van der Waals surface area contributed by atoms with Gasteiger partial charge in [0, 0.05) is 56.3 Å². The van der Waals surface area contributed by atoms with Gasteiger partial charge in [0.25, 0.3) is 5.91 Å². The van der Waals surface area contributed by atoms with E-state index in [9.17, 15) is 48.3 Å². The first-order valence-corrected chi connectivity index (χ1v) is 31.6. The summed E-state index contributed by atoms with van der Waals surface area (Å²) in [6, 6.07) is -13.5. The van der Waals surface area contributed by atoms with E-state index in [4.69, 9.17) is 4.84 Å². The highest BCUT2D eigenvalue weighted by Crippen LogP contribution is 2.26. The molecule has 89 heavy (non-hydrogen) atoms. The van der Waals surface area contributed by atoms with Gasteiger partial charge in [-0.05, 0) is 101 Å². The number of hydroxylamine groups is 2. The molecule has 0 bridgehead atoms. The van der Waals surface area contributed by atoms with Gasteiger partial charge in [0.2, 0.25) is 59.1 Å². The number of aliphatic hydroxyl groups excluding tert-OH is 1. The van der Waals surface area contributed by atoms with Gasteiger partial charge in [-0.25, -0.2) is 0 Å². The van der Waals surface area contributed by atoms with Crippen LogP contribution in [0, 0.1) is 41.4 Å². The summed E-state index contributed by atoms with van der Waals surface area (Å²) in [5, 5.41) is 20.9. The molecule has 508 valence electrons. The van der Waals surface area contributed by atoms with Gasteiger partial charge >= 0.3 is 5.97 Å². The fourth-order valence-electron chi connectivity index (χ4n) is 11.0. The second-order valence-electron chi connectivity index (χ2n) is 26.8. The number of amides is 11. The van der Waals surface area contributed by atoms with E-state index < -0.39 is 162 Å². The number of nitrogens with zero attached hydrogens (tertiary/aromatic N) is 8. The largest absolute Gasteiger partial charge is 0.390 e. The summed E-state index contributed by atoms with van der Waals surface area (Å²) >= 11 is 0. The molecule has 1 aliphatic rings. The zero-order chi connectivity index (χ0) is 69.1. The number of aliphatic hydroxyl groups is 1. The molecule has 0 saturated carbocycles. The van der Waals surface area contributed by atoms with Crippen LogP contribution in [0.1, 0.15) is 163 Å². The minimum absolute atomic E-state index is 0.00485. The smallest absolute Gasteiger partial charge is 0.329 e. The molecule has 1 rings (SSSR count). The average Bonchev–Trinajstić information content (AvgIpc) is 0.934. The normalized spacial score (nSPS) is 26.3. The maximum absolute atomic E-state index is 15.2. The van der Waals surface area contributed by atoms with E-state index in [1.165, 1.54) is 82.8 Å². The van der Waals surface area contributed by atoms with E-state index in [-0.39, 0.29) is 55.8 Å². The summed E-state index contributed by atoms with van der Waals surface area (Å²) in [6.45, 7) is 29.6. The van der Waals surface area contributed by atoms with Crippen LogP contribution in [0.3, 0.4) is 0 Å². The molecule has 0 aromatic carbocycles. The van der Waals surface area contributed by atoms with Crippen molar-refractivity contribution in [3.8, 4) is 0 Å². The van der Waals surface area contributed by atoms with E-state index in [0.29, 0.717) is 11.5 Å². The Kier molecular flexibility index (Phi) is 32.7. The third-order valence-electron chi connectivity index (χ3n) is 16.5. The predicted molar refractivity (Wildman–Crippen MR) is 339 cm³/mol. The Balaban J connectivity index is 4.48. The lowest BCUT2D eigenvalue weighted by molar-refractivity contribution is -0.208. The van der Waals surface area contributed by atoms with Crippen molar-refractivity contribution in [2.24, 2.45) is 41.4 Å². The SMILES string of the molecule is C/C=C/C[C@@H](C)[C@@H](O)[C@H]1C(=O)N[C@@H](CC)C(=O)N(C)CC(=O)N(C)[C@@H](CC(C)C)C(=O)N[C@@H](C(C)C)C(=O)N(C)[C@@H](CC(C)C)C(=O)N[C@@H](C)C(=O)N(OC(C)=O)[C@H](C)C(=O)N(C)[C@@H](CC(C)C)C(=O)N(C)[C@@H](CC(C)C)C(=O)N(C)[C@@H](C(C)C)C(=O)N1C. The molecular formula is C64H113N11O14. The second-order valence-corrected chi connectivity index (χ2v) is 26.8. The van der Waals surface area contributed by atoms with Crippen molar-refractivity contribution in [2.75, 3.05) is 55.9 Å². The molecule has 0 unspecified atom stereocenters. The van der Waals surface area contributed by atoms with Crippen molar-refractivity contribution in [3.63, 3.8) is 0 Å². The monoisotopic (exact) mass is 1260 g/mol. The third kappa shape index (κ3) is 22.4. The highest BCUT2D eigenvalue weighted by Gasteiger charge is 2.46. The summed E-state index contributed by atoms with van der Waals surface area (Å²) in [7, 11) is 9.64. The molecule has 12 atom stereocenters. The maximum atomic E-state index is 15.2. The van der Waals surface area contributed by atoms with Crippen LogP contribution >= 0.6 is 0 Å². The number of carbonyl (C=O) groups is 12. The predicted octanol–water partition coefficient (Wildman–Crippen LogP) is 3.46. The van der Waals surface area contributed by atoms with Gasteiger partial charge in [0.1, 0.15) is 60.4 Å². The number of nitrogens with one attached hydrogen (secondary N) is 3. The highest BCUT2D eigenvalue weighted by atomic mass is 16.7. The molecule has 0 aromatic rings. The molecule has 0 aliphatic carbocycles. The number of hydrogen-bond donors (Lipinski definition) is 4. The van der Waals surface area contributed by atoms with Crippen molar-refractivity contribution in [3.05, 3.63) is 12.2 Å². The topological polar surface area (TPSA) is 296 Å². The van der Waals surface area contributed by atoms with E-state index in [0.717, 1.165) is 21.6 Å². The van der Waals surface area contributed by atoms with E-state index in [2.05, 4.69) is 16.0 Å². The third-order valence-corrected chi connectivity index (χ3v) is 16.5. The van der Waals surface area contributed by atoms with Crippen LogP contribution in [0.15, 0.2) is 12.2 Å². The van der Waals surface area contributed by atoms with Crippen LogP contribution < -0.4 is 16.0 Å². The summed E-state index contributed by atoms with van der Waals surface area (Å²) in [5.41, 5.74) is 0. The molecule has 1 aliphatic heterocycles. The van der Waals surface area contributed by atoms with Crippen molar-refractivity contribution in [2.45, 2.75) is 230 Å². The molecule has 0 spiro atoms. The van der Waals surface area contributed by atoms with Crippen LogP contribution in [-0.2, 0) is 62.4 Å². The molecule has 1 heterocycles. The molecule has 25 nitrogen and oxygen atoms in total. The van der Waals surface area contributed by atoms with Crippen LogP contribution in [0.25, 0.3) is 0 Å². The number of carbonyl (C=O) groups excluding carboxylic acids is 12. The Hall–Kier alpha value is -6.66. The van der Waals surface area contributed by atoms with E-state index >= 15 is 14.4 Å². The van der Waals surface area contributed by atoms with Crippen molar-refractivity contribution < 1.29 is 67.5 Å². The van der Waals surface area contributed by atoms with Gasteiger partial charge in [0.15, 0.2) is 0 Å². The first kappa shape index (κ1) is 80.4. The molecular weight excluding hydrogens is 1150 g/mol. The minimum Gasteiger partial charge on any atom is -0.390 e. The number of rotatable bonds is 16. The Morgan fingerprint density at radius 3 is 1.39 bits per heavy atom. The molecule has 4 N–H and O–H groups in total. The standard InChI is InChI=1S/C64H113N11O14/c1-26-28-29-41(15)54(78)53-57(81)66-45(27-2)60(84)68(19)34-50(77)69(20)46(30-35(3)4)56(80)67-51(39(11)12)63(87)70(21)47(31-36(5)6)55(79)65-42(16)58(82)75(89-44(18)76)43(17)59(83)71(22)48(32-37(7)8)61(85)72(23)49(33-38(9)10)62(86)73(24)52(40(13)14)64(88)74(53)25/h26,28,35-43,45-49,51-54,78H,27,29-34H2,1-25H3,(H,65,79)(H,66,81)(H,67,80)/b28-26+/t41-,42+,43-,45+,46+,47+,48+,49+,51+,52+,53+,54-/m1/s1. The molecule has 0 radical (unpaired) electrons. The Morgan fingerprint density at radius 1 is 0.528 bits per heavy atom. The quantitative estimate of drug-likeness (QED) is 0.161. The molecule has 1 fully saturated rings. The van der Waals surface area contributed by atoms with E-state index in [1.807, 2.05) is 55.4 Å². The van der Waals surface area contributed by atoms with Crippen molar-refractivity contribution in [1.29, 1.82) is 0 Å². The fourth-order valence-corrected chi connectivity index (χ4v) is 11.0. The van der Waals surface area contributed by atoms with Crippen LogP contribution in [0.4, 0.5) is 0 Å². The minimum atomic E-state index is -1.64. The molecule has 11 amide bonds. The van der Waals surface area contributed by atoms with Crippen LogP contribution in [0.2, 0.25) is 0 Å². The van der Waals surface area contributed by atoms with Gasteiger partial charge in [-0.2, -0.15) is 5.06 Å². The maximum Gasteiger partial charge on any atom is 0.329 e. The molecule has 25 heteroatoms. The van der Waals surface area contributed by atoms with Crippen LogP contribution in [-0.4, -0.2) is 238 Å². The van der Waals surface area contributed by atoms with Gasteiger partial charge in [-0.3, -0.25) is 57.5 Å². The zero-order valence-corrected chi connectivity index (χ0v) is 58.3. The summed E-state index contributed by atoms with van der Waals surface area (Å²) in [5.74, 6) is -12.0. The van der Waals surface area contributed by atoms with Crippen molar-refractivity contribution >= 4 is 70.9 Å². The average molecular weight is 1260 g/mol. The summed E-state index contributed by atoms with van der Waals surface area (Å²) in [6.07, 6.45) is 2.68. The lowest BCUT2D eigenvalue weighted by Crippen LogP contribution is -2.63. The Labute approximate surface area is 531 Å². The number of allylic oxidation sites excluding steroid dienone is 2. The molecule has 0 aromatic heterocycles. The van der Waals surface area contributed by atoms with Gasteiger partial charge in [-0.1, -0.05) is 109 Å². The zero-order valence-electron chi connectivity index (χ0n) is 58.3. The Bertz CT molecular complexity index is 2490. The second kappa shape index (κ2) is 36.3. The number of hydrogen-bond acceptors (Lipinski definition) is 14. The van der Waals surface area contributed by atoms with Gasteiger partial charge in [0.05, 0.1) is 12.6 Å². The van der Waals surface area contributed by atoms with Gasteiger partial charge in [-0.15, -0.1) is 0 Å². The first-order chi connectivity index (χ1) is 41.0. The first-order valence-electron chi connectivity index (χ1n) is 31.6. The molecule has 1 saturated heterocycles. The summed E-state index contributed by atoms with van der Waals surface area (Å²) < 4.78 is 0. The highest BCUT2D eigenvalue weighted by molar-refractivity contribution is 5.99. The lowest BCUT2D eigenvalue weighted by Gasteiger charge is -2.41. The summed E-state index contributed by atoms with van der Waals surface area (Å²) in [4.78, 5) is 188. The van der Waals surface area contributed by atoms with E-state index in [1.54, 1.807) is 60.6 Å². The van der Waals surface area contributed by atoms with Crippen molar-refractivity contribution in [1.82, 2.24) is 55.3 Å². The number of likely N-dealkylation sites (N-methyl/N-ethyl adjacent to an activating group) is 7. The van der Waals surface area contributed by atoms with Crippen LogP contribution in [0.5, 0.6) is 0 Å². The lowest BCUT2D eigenvalue weighted by atomic mass is 9.91. The fraction of sp³-hybridized carbons (Fsp3) is 0.781. The van der Waals surface area contributed by atoms with Gasteiger partial charge < -0.3 is 60.2 Å².